The number of cyclic esters (lactones) is 2. The van der Waals surface area contributed by atoms with Crippen molar-refractivity contribution in [2.24, 2.45) is 5.92 Å². The maximum absolute atomic E-state index is 13.9. The average Bonchev–Trinajstić information content (AvgIpc) is 3.34. The SMILES string of the molecule is C.CCCCCCCCCCCCCCCCCC(=O)N[C@H]1COC2OC(COC(=O)CCC(=O)O[C@H](CCCCCCCCCCCCCC)[C@H]1OC(C)=O)[C@@H](O)[C@H](C)C2OC(=O)c1ccccc1. The molecule has 0 radical (unpaired) electrons. The molecule has 8 atom stereocenters. The molecule has 3 unspecified atom stereocenters. The molecule has 2 aliphatic heterocycles. The molecule has 0 aliphatic carbocycles. The summed E-state index contributed by atoms with van der Waals surface area (Å²) >= 11 is 0. The molecule has 2 heterocycles. The van der Waals surface area contributed by atoms with Gasteiger partial charge < -0.3 is 38.8 Å². The number of nitrogens with one attached hydrogen (secondary N) is 1. The minimum atomic E-state index is -1.30. The number of benzene rings is 1. The fraction of sp³-hybridized carbons (Fsp3) is 0.807. The Kier molecular flexibility index (Phi) is 34.9. The van der Waals surface area contributed by atoms with Crippen LogP contribution in [-0.4, -0.2) is 91.0 Å². The molecule has 13 nitrogen and oxygen atoms in total. The largest absolute Gasteiger partial charge is 0.463 e. The second kappa shape index (κ2) is 39.0. The zero-order valence-corrected chi connectivity index (χ0v) is 43.3. The van der Waals surface area contributed by atoms with Crippen molar-refractivity contribution in [3.05, 3.63) is 35.9 Å². The highest BCUT2D eigenvalue weighted by molar-refractivity contribution is 5.89. The number of ether oxygens (including phenoxy) is 6. The van der Waals surface area contributed by atoms with Gasteiger partial charge in [0, 0.05) is 19.3 Å². The van der Waals surface area contributed by atoms with E-state index in [4.69, 9.17) is 28.4 Å². The molecule has 1 amide bonds. The summed E-state index contributed by atoms with van der Waals surface area (Å²) < 4.78 is 36.1. The number of unbranched alkanes of at least 4 members (excludes halogenated alkanes) is 25. The van der Waals surface area contributed by atoms with Crippen LogP contribution in [0.25, 0.3) is 0 Å². The quantitative estimate of drug-likeness (QED) is 0.0388. The van der Waals surface area contributed by atoms with Gasteiger partial charge >= 0.3 is 23.9 Å². The third-order valence-electron chi connectivity index (χ3n) is 13.7. The molecule has 2 fully saturated rings. The molecule has 1 aromatic carbocycles. The molecule has 2 bridgehead atoms. The second-order valence-electron chi connectivity index (χ2n) is 19.8. The Balaban J connectivity index is 0.0000168. The number of amides is 1. The molecule has 2 saturated heterocycles. The number of hydrogen-bond donors (Lipinski definition) is 2. The number of carbonyl (C=O) groups is 5. The first-order valence-corrected chi connectivity index (χ1v) is 27.6. The minimum absolute atomic E-state index is 0. The molecule has 1 aromatic rings. The summed E-state index contributed by atoms with van der Waals surface area (Å²) in [5.41, 5.74) is 0.286. The van der Waals surface area contributed by atoms with Crippen LogP contribution in [0.3, 0.4) is 0 Å². The molecule has 0 spiro atoms. The van der Waals surface area contributed by atoms with Gasteiger partial charge in [0.2, 0.25) is 5.91 Å². The van der Waals surface area contributed by atoms with Gasteiger partial charge in [0.25, 0.3) is 0 Å². The number of fused-ring (bicyclic) bond motifs is 2. The van der Waals surface area contributed by atoms with E-state index >= 15 is 0 Å². The monoisotopic (exact) mass is 988 g/mol. The number of esters is 4. The van der Waals surface area contributed by atoms with Gasteiger partial charge in [-0.3, -0.25) is 19.2 Å². The molecule has 0 saturated carbocycles. The number of hydrogen-bond acceptors (Lipinski definition) is 12. The zero-order chi connectivity index (χ0) is 49.9. The Labute approximate surface area is 423 Å². The van der Waals surface area contributed by atoms with E-state index in [1.54, 1.807) is 37.3 Å². The highest BCUT2D eigenvalue weighted by atomic mass is 16.7. The summed E-state index contributed by atoms with van der Waals surface area (Å²) in [7, 11) is 0. The number of rotatable bonds is 33. The lowest BCUT2D eigenvalue weighted by atomic mass is 9.90. The smallest absolute Gasteiger partial charge is 0.338 e. The van der Waals surface area contributed by atoms with Crippen LogP contribution in [0, 0.1) is 5.92 Å². The number of carbonyl (C=O) groups excluding carboxylic acids is 5. The van der Waals surface area contributed by atoms with Crippen LogP contribution in [0.4, 0.5) is 0 Å². The molecule has 2 aliphatic rings. The topological polar surface area (TPSA) is 173 Å². The maximum atomic E-state index is 13.9. The molecule has 70 heavy (non-hydrogen) atoms. The Morgan fingerprint density at radius 2 is 1.13 bits per heavy atom. The summed E-state index contributed by atoms with van der Waals surface area (Å²) in [6.07, 6.45) is 24.8. The van der Waals surface area contributed by atoms with E-state index in [2.05, 4.69) is 19.2 Å². The summed E-state index contributed by atoms with van der Waals surface area (Å²) in [5.74, 6) is -3.70. The second-order valence-corrected chi connectivity index (χ2v) is 19.8. The summed E-state index contributed by atoms with van der Waals surface area (Å²) in [4.78, 5) is 66.5. The highest BCUT2D eigenvalue weighted by Crippen LogP contribution is 2.31. The Morgan fingerprint density at radius 3 is 1.64 bits per heavy atom. The van der Waals surface area contributed by atoms with Crippen LogP contribution in [-0.2, 0) is 47.6 Å². The van der Waals surface area contributed by atoms with Crippen molar-refractivity contribution >= 4 is 29.8 Å². The molecular formula is C57H97NO12. The normalized spacial score (nSPS) is 23.2. The molecule has 2 N–H and O–H groups in total. The lowest BCUT2D eigenvalue weighted by Crippen LogP contribution is -2.59. The molecule has 402 valence electrons. The predicted octanol–water partition coefficient (Wildman–Crippen LogP) is 12.6. The Bertz CT molecular complexity index is 1540. The summed E-state index contributed by atoms with van der Waals surface area (Å²) in [6.45, 7) is 6.78. The zero-order valence-electron chi connectivity index (χ0n) is 43.3. The van der Waals surface area contributed by atoms with E-state index in [-0.39, 0.29) is 51.4 Å². The van der Waals surface area contributed by atoms with Crippen LogP contribution in [0.15, 0.2) is 30.3 Å². The van der Waals surface area contributed by atoms with E-state index in [0.29, 0.717) is 19.3 Å². The van der Waals surface area contributed by atoms with E-state index in [0.717, 1.165) is 44.9 Å². The summed E-state index contributed by atoms with van der Waals surface area (Å²) in [6, 6.07) is 7.39. The molecular weight excluding hydrogens is 891 g/mol. The fourth-order valence-electron chi connectivity index (χ4n) is 9.43. The van der Waals surface area contributed by atoms with Gasteiger partial charge in [-0.15, -0.1) is 0 Å². The first-order chi connectivity index (χ1) is 33.5. The standard InChI is InChI=1S/C56H93NO12.CH4/c1-5-7-9-11-13-15-17-19-20-21-23-25-27-29-34-38-49(59)57-46-41-65-56-53(69-55(63)45-35-31-30-32-36-45)43(3)52(62)48(68-56)42-64-50(60)39-40-51(61)67-47(54(46)66-44(4)58)37-33-28-26-24-22-18-16-14-12-10-8-6-2;/h30-32,35-36,43,46-48,52-54,56,62H,5-29,33-34,37-42H2,1-4H3,(H,57,59);1H4/t43-,46-,47+,48?,52-,53?,54-,56?;/m0./s1. The van der Waals surface area contributed by atoms with Gasteiger partial charge in [-0.2, -0.15) is 0 Å². The van der Waals surface area contributed by atoms with E-state index in [1.807, 2.05) is 0 Å². The highest BCUT2D eigenvalue weighted by Gasteiger charge is 2.47. The molecule has 3 rings (SSSR count). The van der Waals surface area contributed by atoms with Crippen LogP contribution in [0.1, 0.15) is 245 Å². The van der Waals surface area contributed by atoms with Crippen LogP contribution >= 0.6 is 0 Å². The van der Waals surface area contributed by atoms with Gasteiger partial charge in [-0.05, 0) is 31.4 Å². The van der Waals surface area contributed by atoms with Crippen molar-refractivity contribution in [1.82, 2.24) is 5.32 Å². The summed E-state index contributed by atoms with van der Waals surface area (Å²) in [5, 5.41) is 14.4. The minimum Gasteiger partial charge on any atom is -0.463 e. The van der Waals surface area contributed by atoms with Crippen molar-refractivity contribution in [1.29, 1.82) is 0 Å². The van der Waals surface area contributed by atoms with Crippen molar-refractivity contribution in [2.75, 3.05) is 13.2 Å². The van der Waals surface area contributed by atoms with Crippen molar-refractivity contribution in [3.63, 3.8) is 0 Å². The first-order valence-electron chi connectivity index (χ1n) is 27.6. The molecule has 0 aromatic heterocycles. The van der Waals surface area contributed by atoms with Gasteiger partial charge in [0.15, 0.2) is 18.5 Å². The fourth-order valence-corrected chi connectivity index (χ4v) is 9.43. The van der Waals surface area contributed by atoms with Gasteiger partial charge in [-0.1, -0.05) is 207 Å². The molecule has 13 heteroatoms. The lowest BCUT2D eigenvalue weighted by molar-refractivity contribution is -0.290. The third-order valence-corrected chi connectivity index (χ3v) is 13.7. The van der Waals surface area contributed by atoms with Crippen LogP contribution in [0.5, 0.6) is 0 Å². The van der Waals surface area contributed by atoms with Crippen molar-refractivity contribution in [3.8, 4) is 0 Å². The third kappa shape index (κ3) is 26.8. The van der Waals surface area contributed by atoms with Crippen molar-refractivity contribution < 1.29 is 57.5 Å². The Morgan fingerprint density at radius 1 is 0.643 bits per heavy atom. The van der Waals surface area contributed by atoms with Gasteiger partial charge in [-0.25, -0.2) is 4.79 Å². The number of aliphatic hydroxyl groups is 1. The number of aliphatic hydroxyl groups excluding tert-OH is 1. The van der Waals surface area contributed by atoms with Crippen LogP contribution < -0.4 is 5.32 Å². The average molecular weight is 988 g/mol. The van der Waals surface area contributed by atoms with E-state index in [1.165, 1.54) is 122 Å². The van der Waals surface area contributed by atoms with E-state index in [9.17, 15) is 29.1 Å². The maximum Gasteiger partial charge on any atom is 0.338 e. The Hall–Kier alpha value is -3.55. The van der Waals surface area contributed by atoms with Gasteiger partial charge in [0.1, 0.15) is 18.8 Å². The first kappa shape index (κ1) is 62.6. The predicted molar refractivity (Wildman–Crippen MR) is 275 cm³/mol. The lowest BCUT2D eigenvalue weighted by Gasteiger charge is -2.43. The van der Waals surface area contributed by atoms with Gasteiger partial charge in [0.05, 0.1) is 37.2 Å². The van der Waals surface area contributed by atoms with Crippen molar-refractivity contribution in [2.45, 2.75) is 277 Å². The van der Waals surface area contributed by atoms with Crippen LogP contribution in [0.2, 0.25) is 0 Å². The van der Waals surface area contributed by atoms with E-state index < -0.39 is 72.6 Å².